The molecule has 1 aromatic carbocycles. The quantitative estimate of drug-likeness (QED) is 0.409. The fourth-order valence-electron chi connectivity index (χ4n) is 1.11. The Labute approximate surface area is 108 Å². The van der Waals surface area contributed by atoms with E-state index in [2.05, 4.69) is 5.32 Å². The van der Waals surface area contributed by atoms with Gasteiger partial charge in [0.1, 0.15) is 13.2 Å². The van der Waals surface area contributed by atoms with E-state index in [1.165, 1.54) is 0 Å². The molecular weight excluding hydrogens is 254 g/mol. The van der Waals surface area contributed by atoms with Crippen LogP contribution in [-0.2, 0) is 16.1 Å². The molecule has 19 heavy (non-hydrogen) atoms. The molecule has 0 aliphatic rings. The van der Waals surface area contributed by atoms with E-state index in [1.807, 2.05) is 6.07 Å². The third kappa shape index (κ3) is 5.04. The molecule has 0 aromatic heterocycles. The second kappa shape index (κ2) is 6.97. The molecule has 4 N–H and O–H groups in total. The molecule has 0 radical (unpaired) electrons. The zero-order chi connectivity index (χ0) is 14.3. The molecule has 1 aromatic rings. The molecule has 0 aliphatic carbocycles. The minimum atomic E-state index is -1.61. The zero-order valence-electron chi connectivity index (χ0n) is 9.91. The zero-order valence-corrected chi connectivity index (χ0v) is 9.91. The normalized spacial score (nSPS) is 9.53. The second-order valence-electron chi connectivity index (χ2n) is 3.46. The van der Waals surface area contributed by atoms with E-state index in [9.17, 15) is 14.4 Å². The lowest BCUT2D eigenvalue weighted by Gasteiger charge is -2.11. The van der Waals surface area contributed by atoms with Crippen LogP contribution in [0.15, 0.2) is 30.3 Å². The molecule has 0 aliphatic heterocycles. The first-order valence-electron chi connectivity index (χ1n) is 5.26. The number of alkyl carbamates (subject to hydrolysis) is 1. The lowest BCUT2D eigenvalue weighted by Crippen LogP contribution is -2.47. The van der Waals surface area contributed by atoms with Crippen LogP contribution in [0.4, 0.5) is 9.59 Å². The van der Waals surface area contributed by atoms with Crippen molar-refractivity contribution in [3.05, 3.63) is 35.9 Å². The number of ether oxygens (including phenoxy) is 1. The van der Waals surface area contributed by atoms with Gasteiger partial charge in [-0.1, -0.05) is 30.3 Å². The summed E-state index contributed by atoms with van der Waals surface area (Å²) in [6, 6.07) is 8.94. The van der Waals surface area contributed by atoms with Crippen LogP contribution in [0.2, 0.25) is 0 Å². The molecular formula is C11H13N3O5. The summed E-state index contributed by atoms with van der Waals surface area (Å²) in [7, 11) is 0. The summed E-state index contributed by atoms with van der Waals surface area (Å²) in [5, 5.41) is 10.5. The van der Waals surface area contributed by atoms with Crippen molar-refractivity contribution in [2.75, 3.05) is 6.54 Å². The van der Waals surface area contributed by atoms with Gasteiger partial charge in [0, 0.05) is 0 Å². The van der Waals surface area contributed by atoms with E-state index in [4.69, 9.17) is 15.7 Å². The minimum absolute atomic E-state index is 0.0164. The molecule has 0 saturated carbocycles. The minimum Gasteiger partial charge on any atom is -0.464 e. The Kier molecular flexibility index (Phi) is 5.30. The number of carbonyl (C=O) groups is 3. The Morgan fingerprint density at radius 2 is 1.89 bits per heavy atom. The Bertz CT molecular complexity index is 463. The summed E-state index contributed by atoms with van der Waals surface area (Å²) in [5.41, 5.74) is 0.787. The smallest absolute Gasteiger partial charge is 0.428 e. The molecule has 1 rings (SSSR count). The average Bonchev–Trinajstić information content (AvgIpc) is 2.42. The molecule has 0 fully saturated rings. The van der Waals surface area contributed by atoms with E-state index >= 15 is 0 Å². The maximum atomic E-state index is 11.2. The van der Waals surface area contributed by atoms with E-state index in [0.29, 0.717) is 0 Å². The van der Waals surface area contributed by atoms with Gasteiger partial charge in [-0.3, -0.25) is 4.79 Å². The van der Waals surface area contributed by atoms with Gasteiger partial charge in [0.15, 0.2) is 0 Å². The number of carbonyl (C=O) groups excluding carboxylic acids is 2. The van der Waals surface area contributed by atoms with Gasteiger partial charge in [-0.05, 0) is 5.56 Å². The molecule has 0 spiro atoms. The van der Waals surface area contributed by atoms with Gasteiger partial charge in [0.2, 0.25) is 0 Å². The van der Waals surface area contributed by atoms with Crippen molar-refractivity contribution in [1.29, 1.82) is 0 Å². The van der Waals surface area contributed by atoms with Crippen LogP contribution < -0.4 is 11.2 Å². The van der Waals surface area contributed by atoms with Gasteiger partial charge in [0.05, 0.1) is 0 Å². The Balaban J connectivity index is 2.29. The van der Waals surface area contributed by atoms with E-state index in [1.54, 1.807) is 24.3 Å². The van der Waals surface area contributed by atoms with Crippen LogP contribution in [0.5, 0.6) is 0 Å². The predicted molar refractivity (Wildman–Crippen MR) is 63.7 cm³/mol. The fourth-order valence-corrected chi connectivity index (χ4v) is 1.11. The van der Waals surface area contributed by atoms with Crippen LogP contribution >= 0.6 is 0 Å². The molecule has 3 amide bonds. The highest BCUT2D eigenvalue weighted by Crippen LogP contribution is 2.00. The molecule has 8 nitrogen and oxygen atoms in total. The summed E-state index contributed by atoms with van der Waals surface area (Å²) >= 11 is 0. The van der Waals surface area contributed by atoms with Crippen LogP contribution in [0.3, 0.4) is 0 Å². The number of hydrazine groups is 1. The molecule has 0 heterocycles. The van der Waals surface area contributed by atoms with Crippen LogP contribution in [0, 0.1) is 0 Å². The summed E-state index contributed by atoms with van der Waals surface area (Å²) in [5.74, 6) is 3.94. The highest BCUT2D eigenvalue weighted by molar-refractivity contribution is 5.92. The monoisotopic (exact) mass is 267 g/mol. The van der Waals surface area contributed by atoms with Crippen molar-refractivity contribution in [3.63, 3.8) is 0 Å². The van der Waals surface area contributed by atoms with Crippen molar-refractivity contribution in [3.8, 4) is 0 Å². The second-order valence-corrected chi connectivity index (χ2v) is 3.46. The van der Waals surface area contributed by atoms with Gasteiger partial charge in [-0.15, -0.1) is 0 Å². The van der Waals surface area contributed by atoms with E-state index in [0.717, 1.165) is 5.56 Å². The fraction of sp³-hybridized carbons (Fsp3) is 0.182. The number of imide groups is 1. The first-order valence-corrected chi connectivity index (χ1v) is 5.26. The average molecular weight is 267 g/mol. The summed E-state index contributed by atoms with van der Waals surface area (Å²) in [4.78, 5) is 32.7. The third-order valence-electron chi connectivity index (χ3n) is 2.07. The summed E-state index contributed by atoms with van der Waals surface area (Å²) < 4.78 is 4.81. The number of benzene rings is 1. The van der Waals surface area contributed by atoms with Gasteiger partial charge in [-0.2, -0.15) is 5.01 Å². The topological polar surface area (TPSA) is 122 Å². The number of hydrogen-bond acceptors (Lipinski definition) is 5. The van der Waals surface area contributed by atoms with Crippen LogP contribution in [-0.4, -0.2) is 34.8 Å². The standard InChI is InChI=1S/C11H13N3O5/c12-14(11(17)18)9(15)6-13-10(16)19-7-8-4-2-1-3-5-8/h1-5H,6-7,12H2,(H,13,16)(H,17,18). The van der Waals surface area contributed by atoms with Crippen molar-refractivity contribution >= 4 is 18.1 Å². The lowest BCUT2D eigenvalue weighted by molar-refractivity contribution is -0.128. The van der Waals surface area contributed by atoms with Gasteiger partial charge in [0.25, 0.3) is 5.91 Å². The molecule has 0 unspecified atom stereocenters. The van der Waals surface area contributed by atoms with Gasteiger partial charge in [-0.25, -0.2) is 15.4 Å². The van der Waals surface area contributed by atoms with Crippen LogP contribution in [0.25, 0.3) is 0 Å². The molecule has 102 valence electrons. The number of hydrogen-bond donors (Lipinski definition) is 3. The Morgan fingerprint density at radius 1 is 1.26 bits per heavy atom. The lowest BCUT2D eigenvalue weighted by atomic mass is 10.2. The summed E-state index contributed by atoms with van der Waals surface area (Å²) in [6.07, 6.45) is -2.44. The highest BCUT2D eigenvalue weighted by Gasteiger charge is 2.17. The number of nitrogens with two attached hydrogens (primary N) is 1. The first-order chi connectivity index (χ1) is 9.00. The van der Waals surface area contributed by atoms with Crippen molar-refractivity contribution in [2.45, 2.75) is 6.61 Å². The number of carboxylic acid groups (broad SMARTS) is 1. The Morgan fingerprint density at radius 3 is 2.47 bits per heavy atom. The molecule has 8 heteroatoms. The van der Waals surface area contributed by atoms with Crippen molar-refractivity contribution < 1.29 is 24.2 Å². The third-order valence-corrected chi connectivity index (χ3v) is 2.07. The number of nitrogens with zero attached hydrogens (tertiary/aromatic N) is 1. The van der Waals surface area contributed by atoms with Gasteiger partial charge < -0.3 is 15.2 Å². The van der Waals surface area contributed by atoms with E-state index < -0.39 is 24.6 Å². The molecule has 0 atom stereocenters. The largest absolute Gasteiger partial charge is 0.464 e. The molecule has 0 saturated heterocycles. The maximum absolute atomic E-state index is 11.2. The van der Waals surface area contributed by atoms with E-state index in [-0.39, 0.29) is 11.6 Å². The number of amides is 3. The molecule has 0 bridgehead atoms. The number of rotatable bonds is 4. The Hall–Kier alpha value is -2.61. The van der Waals surface area contributed by atoms with Crippen molar-refractivity contribution in [1.82, 2.24) is 10.3 Å². The highest BCUT2D eigenvalue weighted by atomic mass is 16.5. The van der Waals surface area contributed by atoms with Crippen molar-refractivity contribution in [2.24, 2.45) is 5.84 Å². The van der Waals surface area contributed by atoms with Crippen LogP contribution in [0.1, 0.15) is 5.56 Å². The maximum Gasteiger partial charge on any atom is 0.428 e. The van der Waals surface area contributed by atoms with Gasteiger partial charge >= 0.3 is 12.2 Å². The predicted octanol–water partition coefficient (Wildman–Crippen LogP) is 0.293. The number of nitrogens with one attached hydrogen (secondary N) is 1. The first kappa shape index (κ1) is 14.5. The summed E-state index contributed by atoms with van der Waals surface area (Å²) in [6.45, 7) is -0.511. The SMILES string of the molecule is NN(C(=O)O)C(=O)CNC(=O)OCc1ccccc1.